The monoisotopic (exact) mass is 419 g/mol. The largest absolute Gasteiger partial charge is 0.468 e. The standard InChI is InChI=1S/C25H29N3O3/c1-4-19-14-21-9-8-18(2)23(20-6-5-7-22(15-20)31-17-29-3)27-25(24(21)26-16-19)28-10-12-30-13-11-28/h4-7,14-16H,1,8-13,17H2,2-3H3. The van der Waals surface area contributed by atoms with Gasteiger partial charge in [0.2, 0.25) is 0 Å². The summed E-state index contributed by atoms with van der Waals surface area (Å²) in [5, 5.41) is 0. The highest BCUT2D eigenvalue weighted by Crippen LogP contribution is 2.30. The van der Waals surface area contributed by atoms with Crippen molar-refractivity contribution in [2.75, 3.05) is 40.2 Å². The van der Waals surface area contributed by atoms with Crippen molar-refractivity contribution in [2.24, 2.45) is 4.99 Å². The van der Waals surface area contributed by atoms with Crippen LogP contribution in [0, 0.1) is 0 Å². The van der Waals surface area contributed by atoms with E-state index in [1.807, 2.05) is 30.5 Å². The molecule has 2 aliphatic heterocycles. The first-order valence-corrected chi connectivity index (χ1v) is 10.6. The third kappa shape index (κ3) is 4.86. The van der Waals surface area contributed by atoms with Crippen molar-refractivity contribution in [1.29, 1.82) is 0 Å². The van der Waals surface area contributed by atoms with Crippen LogP contribution in [0.25, 0.3) is 11.8 Å². The molecule has 2 aromatic rings. The Labute approximate surface area is 183 Å². The van der Waals surface area contributed by atoms with Gasteiger partial charge in [0.1, 0.15) is 11.4 Å². The Morgan fingerprint density at radius 2 is 2.03 bits per heavy atom. The maximum atomic E-state index is 5.66. The zero-order valence-electron chi connectivity index (χ0n) is 18.3. The lowest BCUT2D eigenvalue weighted by molar-refractivity contribution is 0.0511. The van der Waals surface area contributed by atoms with Crippen molar-refractivity contribution in [2.45, 2.75) is 19.8 Å². The summed E-state index contributed by atoms with van der Waals surface area (Å²) in [5.41, 5.74) is 6.44. The van der Waals surface area contributed by atoms with E-state index in [9.17, 15) is 0 Å². The first-order valence-electron chi connectivity index (χ1n) is 10.6. The molecule has 0 spiro atoms. The number of aromatic nitrogens is 1. The third-order valence-electron chi connectivity index (χ3n) is 5.59. The smallest absolute Gasteiger partial charge is 0.188 e. The van der Waals surface area contributed by atoms with Crippen molar-refractivity contribution < 1.29 is 14.2 Å². The Morgan fingerprint density at radius 1 is 1.19 bits per heavy atom. The zero-order chi connectivity index (χ0) is 21.6. The van der Waals surface area contributed by atoms with Gasteiger partial charge in [0.25, 0.3) is 0 Å². The molecule has 0 N–H and O–H groups in total. The SMILES string of the molecule is C=Cc1cnc2c(c1)CCC(C)=C(c1cccc(OCOC)c1)N=C2N1CCOCC1. The summed E-state index contributed by atoms with van der Waals surface area (Å²) in [6, 6.07) is 10.2. The summed E-state index contributed by atoms with van der Waals surface area (Å²) in [6.07, 6.45) is 5.53. The lowest BCUT2D eigenvalue weighted by Crippen LogP contribution is -2.42. The van der Waals surface area contributed by atoms with Gasteiger partial charge < -0.3 is 19.1 Å². The number of pyridine rings is 1. The summed E-state index contributed by atoms with van der Waals surface area (Å²) in [6.45, 7) is 9.26. The number of benzene rings is 1. The van der Waals surface area contributed by atoms with Crippen molar-refractivity contribution in [1.82, 2.24) is 9.88 Å². The second-order valence-electron chi connectivity index (χ2n) is 7.72. The Kier molecular flexibility index (Phi) is 6.79. The van der Waals surface area contributed by atoms with Gasteiger partial charge in [-0.25, -0.2) is 4.99 Å². The number of ether oxygens (including phenoxy) is 3. The summed E-state index contributed by atoms with van der Waals surface area (Å²) in [7, 11) is 1.62. The molecule has 0 aliphatic carbocycles. The molecule has 1 aromatic heterocycles. The summed E-state index contributed by atoms with van der Waals surface area (Å²) in [4.78, 5) is 12.3. The molecule has 0 bridgehead atoms. The van der Waals surface area contributed by atoms with Gasteiger partial charge in [0.05, 0.1) is 18.9 Å². The van der Waals surface area contributed by atoms with Gasteiger partial charge in [0, 0.05) is 32.0 Å². The number of hydrogen-bond donors (Lipinski definition) is 0. The predicted molar refractivity (Wildman–Crippen MR) is 123 cm³/mol. The van der Waals surface area contributed by atoms with Crippen LogP contribution in [0.3, 0.4) is 0 Å². The van der Waals surface area contributed by atoms with Crippen LogP contribution in [0.5, 0.6) is 5.75 Å². The van der Waals surface area contributed by atoms with Gasteiger partial charge >= 0.3 is 0 Å². The van der Waals surface area contributed by atoms with Crippen LogP contribution in [-0.2, 0) is 15.9 Å². The van der Waals surface area contributed by atoms with E-state index in [0.717, 1.165) is 60.0 Å². The van der Waals surface area contributed by atoms with Gasteiger partial charge in [-0.1, -0.05) is 24.8 Å². The molecule has 1 fully saturated rings. The molecular formula is C25H29N3O3. The number of morpholine rings is 1. The number of hydrogen-bond acceptors (Lipinski definition) is 6. The number of amidine groups is 1. The molecule has 4 rings (SSSR count). The van der Waals surface area contributed by atoms with Crippen LogP contribution >= 0.6 is 0 Å². The highest BCUT2D eigenvalue weighted by Gasteiger charge is 2.24. The molecule has 0 amide bonds. The van der Waals surface area contributed by atoms with Crippen molar-refractivity contribution in [3.05, 3.63) is 71.1 Å². The normalized spacial score (nSPS) is 16.8. The highest BCUT2D eigenvalue weighted by molar-refractivity contribution is 6.02. The van der Waals surface area contributed by atoms with E-state index in [1.54, 1.807) is 7.11 Å². The fourth-order valence-corrected chi connectivity index (χ4v) is 3.89. The van der Waals surface area contributed by atoms with Crippen molar-refractivity contribution >= 4 is 17.6 Å². The Balaban J connectivity index is 1.81. The number of methoxy groups -OCH3 is 1. The predicted octanol–water partition coefficient (Wildman–Crippen LogP) is 4.16. The number of nitrogens with zero attached hydrogens (tertiary/aromatic N) is 3. The highest BCUT2D eigenvalue weighted by atomic mass is 16.7. The van der Waals surface area contributed by atoms with Crippen LogP contribution in [0.1, 0.15) is 35.7 Å². The van der Waals surface area contributed by atoms with E-state index in [1.165, 1.54) is 11.1 Å². The van der Waals surface area contributed by atoms with Crippen LogP contribution < -0.4 is 4.74 Å². The fourth-order valence-electron chi connectivity index (χ4n) is 3.89. The number of rotatable bonds is 5. The van der Waals surface area contributed by atoms with E-state index in [2.05, 4.69) is 30.5 Å². The minimum absolute atomic E-state index is 0.215. The van der Waals surface area contributed by atoms with Gasteiger partial charge in [-0.2, -0.15) is 0 Å². The molecule has 6 nitrogen and oxygen atoms in total. The number of allylic oxidation sites excluding steroid dienone is 1. The Hall–Kier alpha value is -2.96. The maximum absolute atomic E-state index is 5.66. The van der Waals surface area contributed by atoms with Crippen LogP contribution in [0.15, 0.2) is 53.7 Å². The van der Waals surface area contributed by atoms with Gasteiger partial charge in [-0.05, 0) is 54.7 Å². The van der Waals surface area contributed by atoms with Crippen LogP contribution in [-0.4, -0.2) is 55.9 Å². The molecular weight excluding hydrogens is 390 g/mol. The summed E-state index contributed by atoms with van der Waals surface area (Å²) < 4.78 is 16.3. The first kappa shape index (κ1) is 21.3. The van der Waals surface area contributed by atoms with Gasteiger partial charge in [0.15, 0.2) is 12.6 Å². The maximum Gasteiger partial charge on any atom is 0.188 e. The Morgan fingerprint density at radius 3 is 2.81 bits per heavy atom. The molecule has 1 saturated heterocycles. The fraction of sp³-hybridized carbons (Fsp3) is 0.360. The molecule has 6 heteroatoms. The molecule has 2 aliphatic rings. The quantitative estimate of drug-likeness (QED) is 0.681. The van der Waals surface area contributed by atoms with Crippen LogP contribution in [0.2, 0.25) is 0 Å². The Bertz CT molecular complexity index is 1010. The minimum atomic E-state index is 0.215. The number of aliphatic imine (C=N–C) groups is 1. The average molecular weight is 420 g/mol. The van der Waals surface area contributed by atoms with Crippen LogP contribution in [0.4, 0.5) is 0 Å². The zero-order valence-corrected chi connectivity index (χ0v) is 18.3. The van der Waals surface area contributed by atoms with E-state index in [4.69, 9.17) is 24.2 Å². The van der Waals surface area contributed by atoms with Crippen molar-refractivity contribution in [3.8, 4) is 5.75 Å². The summed E-state index contributed by atoms with van der Waals surface area (Å²) >= 11 is 0. The van der Waals surface area contributed by atoms with Gasteiger partial charge in [-0.3, -0.25) is 4.98 Å². The number of aryl methyl sites for hydroxylation is 1. The van der Waals surface area contributed by atoms with Crippen molar-refractivity contribution in [3.63, 3.8) is 0 Å². The van der Waals surface area contributed by atoms with Gasteiger partial charge in [-0.15, -0.1) is 0 Å². The number of fused-ring (bicyclic) bond motifs is 1. The van der Waals surface area contributed by atoms with E-state index >= 15 is 0 Å². The molecule has 0 unspecified atom stereocenters. The molecule has 31 heavy (non-hydrogen) atoms. The van der Waals surface area contributed by atoms with E-state index in [0.29, 0.717) is 13.2 Å². The molecule has 3 heterocycles. The second-order valence-corrected chi connectivity index (χ2v) is 7.72. The third-order valence-corrected chi connectivity index (χ3v) is 5.59. The molecule has 0 saturated carbocycles. The van der Waals surface area contributed by atoms with E-state index < -0.39 is 0 Å². The summed E-state index contributed by atoms with van der Waals surface area (Å²) in [5.74, 6) is 1.67. The topological polar surface area (TPSA) is 56.2 Å². The second kappa shape index (κ2) is 9.90. The first-order chi connectivity index (χ1) is 15.2. The average Bonchev–Trinajstić information content (AvgIpc) is 2.81. The molecule has 0 radical (unpaired) electrons. The van der Waals surface area contributed by atoms with E-state index in [-0.39, 0.29) is 6.79 Å². The lowest BCUT2D eigenvalue weighted by Gasteiger charge is -2.31. The molecule has 162 valence electrons. The minimum Gasteiger partial charge on any atom is -0.468 e. The lowest BCUT2D eigenvalue weighted by atomic mass is 9.96. The molecule has 0 atom stereocenters. The molecule has 1 aromatic carbocycles.